The SMILES string of the molecule is CCCCCCCCCCCc1c(C=C2C(=O)c3cscc3C2=C(C#N)C#N)sc2c1sc1c3c4nsnc4c4c5sc6c(CCCCCCCCCCC)c(C=C7C(=O)c8cscc8C7=C(C#N)C#N)sc6c5n(CC(CC)CCCC)c4c3n(CC(CC)CCCC)c21. The Morgan fingerprint density at radius 2 is 0.800 bits per heavy atom. The number of ketones is 2. The summed E-state index contributed by atoms with van der Waals surface area (Å²) in [5.41, 5.74) is 13.4. The molecule has 95 heavy (non-hydrogen) atoms. The predicted octanol–water partition coefficient (Wildman–Crippen LogP) is 25.3. The van der Waals surface area contributed by atoms with Gasteiger partial charge in [-0.25, -0.2) is 0 Å². The van der Waals surface area contributed by atoms with Crippen LogP contribution in [0.2, 0.25) is 0 Å². The Bertz CT molecular complexity index is 4510. The van der Waals surface area contributed by atoms with Gasteiger partial charge in [-0.15, -0.1) is 45.3 Å². The standard InChI is InChI=1S/C78H86N8O2S7/c1-7-13-17-19-21-23-25-27-29-33-51-59(35-53-61(49(37-79)38-80)55-43-89-45-57(55)71(53)87)91-77-69-75(93-73(51)77)63-65-66(84-95-83-65)64-68(67(63)85(69)41-47(11-5)31-15-9-3)86(42-48(12-6)32-16-10-4)70-76(64)94-74-52(34-30-28-26-24-22-20-18-14-8-2)60(92-78(70)74)36-54-62(50(39-81)40-82)56-44-90-46-58(56)72(54)88/h35-36,43-48H,7-34,41-42H2,1-6H3. The van der Waals surface area contributed by atoms with Crippen molar-refractivity contribution in [2.45, 2.75) is 234 Å². The number of hydrogen-bond acceptors (Lipinski definition) is 15. The lowest BCUT2D eigenvalue weighted by Gasteiger charge is -2.20. The lowest BCUT2D eigenvalue weighted by Crippen LogP contribution is -2.13. The third kappa shape index (κ3) is 13.1. The number of aryl methyl sites for hydroxylation is 2. The first-order valence-electron chi connectivity index (χ1n) is 35.4. The number of nitriles is 4. The van der Waals surface area contributed by atoms with Crippen molar-refractivity contribution in [3.63, 3.8) is 0 Å². The van der Waals surface area contributed by atoms with E-state index in [9.17, 15) is 30.6 Å². The summed E-state index contributed by atoms with van der Waals surface area (Å²) in [4.78, 5) is 31.3. The molecule has 12 rings (SSSR count). The van der Waals surface area contributed by atoms with Crippen LogP contribution in [0.1, 0.15) is 261 Å². The number of benzene rings is 1. The second-order valence-electron chi connectivity index (χ2n) is 26.5. The van der Waals surface area contributed by atoms with Gasteiger partial charge in [-0.2, -0.15) is 52.5 Å². The van der Waals surface area contributed by atoms with Gasteiger partial charge < -0.3 is 9.13 Å². The fourth-order valence-electron chi connectivity index (χ4n) is 15.1. The van der Waals surface area contributed by atoms with Gasteiger partial charge in [0.1, 0.15) is 46.5 Å². The zero-order chi connectivity index (χ0) is 66.3. The molecule has 2 aliphatic carbocycles. The van der Waals surface area contributed by atoms with Gasteiger partial charge in [0.15, 0.2) is 11.6 Å². The molecule has 492 valence electrons. The molecule has 17 heteroatoms. The van der Waals surface area contributed by atoms with E-state index >= 15 is 0 Å². The number of hydrogen-bond donors (Lipinski definition) is 0. The van der Waals surface area contributed by atoms with Crippen LogP contribution in [0, 0.1) is 57.2 Å². The maximum Gasteiger partial charge on any atom is 0.195 e. The molecule has 0 N–H and O–H groups in total. The van der Waals surface area contributed by atoms with Crippen molar-refractivity contribution < 1.29 is 9.59 Å². The van der Waals surface area contributed by atoms with Crippen molar-refractivity contribution in [3.05, 3.63) is 86.9 Å². The molecule has 0 bridgehead atoms. The number of carbonyl (C=O) groups excluding carboxylic acids is 2. The summed E-state index contributed by atoms with van der Waals surface area (Å²) in [6, 6.07) is 8.65. The van der Waals surface area contributed by atoms with Crippen LogP contribution in [0.3, 0.4) is 0 Å². The number of nitrogens with zero attached hydrogens (tertiary/aromatic N) is 8. The van der Waals surface area contributed by atoms with Crippen molar-refractivity contribution in [1.82, 2.24) is 17.9 Å². The summed E-state index contributed by atoms with van der Waals surface area (Å²) >= 11 is 11.5. The van der Waals surface area contributed by atoms with Gasteiger partial charge in [-0.3, -0.25) is 9.59 Å². The molecule has 9 heterocycles. The normalized spacial score (nSPS) is 14.8. The lowest BCUT2D eigenvalue weighted by molar-refractivity contribution is 0.103. The van der Waals surface area contributed by atoms with Gasteiger partial charge in [0.2, 0.25) is 0 Å². The summed E-state index contributed by atoms with van der Waals surface area (Å²) in [5, 5.41) is 51.5. The first-order chi connectivity index (χ1) is 46.6. The van der Waals surface area contributed by atoms with E-state index in [4.69, 9.17) is 8.75 Å². The highest BCUT2D eigenvalue weighted by atomic mass is 32.1. The molecule has 0 fully saturated rings. The van der Waals surface area contributed by atoms with Crippen LogP contribution in [-0.4, -0.2) is 29.4 Å². The lowest BCUT2D eigenvalue weighted by atomic mass is 9.98. The van der Waals surface area contributed by atoms with Crippen LogP contribution in [-0.2, 0) is 25.9 Å². The van der Waals surface area contributed by atoms with E-state index in [1.807, 2.05) is 56.3 Å². The molecular formula is C78H86N8O2S7. The van der Waals surface area contributed by atoms with E-state index < -0.39 is 0 Å². The number of Topliss-reactive ketones (excluding diaryl/α,β-unsaturated/α-hetero) is 2. The molecule has 0 saturated heterocycles. The smallest absolute Gasteiger partial charge is 0.195 e. The van der Waals surface area contributed by atoms with Crippen molar-refractivity contribution in [3.8, 4) is 24.3 Å². The fourth-order valence-corrected chi connectivity index (χ4v) is 23.2. The molecule has 0 saturated carbocycles. The van der Waals surface area contributed by atoms with E-state index in [0.717, 1.165) is 124 Å². The maximum atomic E-state index is 14.6. The zero-order valence-electron chi connectivity index (χ0n) is 56.1. The minimum absolute atomic E-state index is 0.0335. The van der Waals surface area contributed by atoms with Crippen molar-refractivity contribution in [2.24, 2.45) is 11.8 Å². The second kappa shape index (κ2) is 31.4. The molecule has 0 amide bonds. The van der Waals surface area contributed by atoms with E-state index in [0.29, 0.717) is 56.4 Å². The summed E-state index contributed by atoms with van der Waals surface area (Å²) in [5.74, 6) is 0.533. The number of thiophene rings is 6. The van der Waals surface area contributed by atoms with Gasteiger partial charge >= 0.3 is 0 Å². The number of unbranched alkanes of at least 4 members (excludes halogenated alkanes) is 18. The zero-order valence-corrected chi connectivity index (χ0v) is 61.8. The highest BCUT2D eigenvalue weighted by Crippen LogP contribution is 2.56. The summed E-state index contributed by atoms with van der Waals surface area (Å²) in [6.07, 6.45) is 36.5. The number of rotatable bonds is 34. The summed E-state index contributed by atoms with van der Waals surface area (Å²) in [6.45, 7) is 15.5. The molecule has 2 atom stereocenters. The quantitative estimate of drug-likeness (QED) is 0.0218. The van der Waals surface area contributed by atoms with Gasteiger partial charge in [-0.05, 0) is 84.4 Å². The number of carbonyl (C=O) groups is 2. The average Bonchev–Trinajstić information content (AvgIpc) is 1.51. The second-order valence-corrected chi connectivity index (χ2v) is 32.7. The molecular weight excluding hydrogens is 1310 g/mol. The minimum Gasteiger partial charge on any atom is -0.337 e. The third-order valence-electron chi connectivity index (χ3n) is 20.3. The van der Waals surface area contributed by atoms with Crippen molar-refractivity contribution in [1.29, 1.82) is 21.0 Å². The highest BCUT2D eigenvalue weighted by Gasteiger charge is 2.38. The van der Waals surface area contributed by atoms with E-state index in [-0.39, 0.29) is 22.7 Å². The Kier molecular flexibility index (Phi) is 22.7. The van der Waals surface area contributed by atoms with Gasteiger partial charge in [0.25, 0.3) is 0 Å². The minimum atomic E-state index is -0.131. The molecule has 2 unspecified atom stereocenters. The third-order valence-corrected chi connectivity index (χ3v) is 27.5. The van der Waals surface area contributed by atoms with Gasteiger partial charge in [0.05, 0.1) is 62.0 Å². The number of aromatic nitrogens is 4. The van der Waals surface area contributed by atoms with Crippen molar-refractivity contribution >= 4 is 187 Å². The van der Waals surface area contributed by atoms with Gasteiger partial charge in [0, 0.05) is 88.9 Å². The molecule has 10 nitrogen and oxygen atoms in total. The highest BCUT2D eigenvalue weighted by molar-refractivity contribution is 7.35. The molecule has 0 aliphatic heterocycles. The van der Waals surface area contributed by atoms with Crippen LogP contribution >= 0.6 is 79.7 Å². The van der Waals surface area contributed by atoms with Crippen LogP contribution in [0.25, 0.3) is 95.4 Å². The van der Waals surface area contributed by atoms with Gasteiger partial charge in [-0.1, -0.05) is 183 Å². The Morgan fingerprint density at radius 1 is 0.442 bits per heavy atom. The topological polar surface area (TPSA) is 165 Å². The van der Waals surface area contributed by atoms with E-state index in [1.54, 1.807) is 22.7 Å². The van der Waals surface area contributed by atoms with Crippen LogP contribution in [0.4, 0.5) is 0 Å². The predicted molar refractivity (Wildman–Crippen MR) is 408 cm³/mol. The molecule has 1 aromatic carbocycles. The monoisotopic (exact) mass is 1390 g/mol. The molecule has 10 aromatic rings. The first-order valence-corrected chi connectivity index (χ1v) is 41.3. The molecule has 2 aliphatic rings. The molecule has 0 spiro atoms. The fraction of sp³-hybridized carbons (Fsp3) is 0.487. The van der Waals surface area contributed by atoms with Crippen LogP contribution in [0.15, 0.2) is 43.8 Å². The Hall–Kier alpha value is -6.38. The van der Waals surface area contributed by atoms with E-state index in [1.165, 1.54) is 196 Å². The molecule has 9 aromatic heterocycles. The Morgan fingerprint density at radius 3 is 1.16 bits per heavy atom. The largest absolute Gasteiger partial charge is 0.337 e. The van der Waals surface area contributed by atoms with Crippen LogP contribution in [0.5, 0.6) is 0 Å². The maximum absolute atomic E-state index is 14.6. The van der Waals surface area contributed by atoms with E-state index in [2.05, 4.69) is 75.0 Å². The van der Waals surface area contributed by atoms with Crippen LogP contribution < -0.4 is 0 Å². The summed E-state index contributed by atoms with van der Waals surface area (Å²) < 4.78 is 23.6. The Balaban J connectivity index is 1.12. The number of fused-ring (bicyclic) bond motifs is 16. The number of allylic oxidation sites excluding steroid dienone is 6. The van der Waals surface area contributed by atoms with Crippen molar-refractivity contribution in [2.75, 3.05) is 0 Å². The average molecular weight is 1390 g/mol. The summed E-state index contributed by atoms with van der Waals surface area (Å²) in [7, 11) is 0. The first kappa shape index (κ1) is 68.6. The Labute approximate surface area is 587 Å². The molecule has 0 radical (unpaired) electrons.